The Bertz CT molecular complexity index is 543. The minimum Gasteiger partial charge on any atom is -0.487 e. The summed E-state index contributed by atoms with van der Waals surface area (Å²) in [5, 5.41) is 12.5. The Hall–Kier alpha value is -0.330. The fourth-order valence-electron chi connectivity index (χ4n) is 2.10. The molecule has 4 nitrogen and oxygen atoms in total. The average Bonchev–Trinajstić information content (AvgIpc) is 2.96. The Morgan fingerprint density at radius 2 is 2.25 bits per heavy atom. The maximum Gasteiger partial charge on any atom is 0.184 e. The predicted molar refractivity (Wildman–Crippen MR) is 85.6 cm³/mol. The molecule has 8 heteroatoms. The molecule has 2 aliphatic rings. The number of fused-ring (bicyclic) bond motifs is 1. The van der Waals surface area contributed by atoms with Crippen LogP contribution in [-0.2, 0) is 0 Å². The lowest BCUT2D eigenvalue weighted by Gasteiger charge is -2.31. The average molecular weight is 356 g/mol. The van der Waals surface area contributed by atoms with Gasteiger partial charge < -0.3 is 14.7 Å². The van der Waals surface area contributed by atoms with Crippen molar-refractivity contribution in [3.63, 3.8) is 0 Å². The zero-order valence-electron chi connectivity index (χ0n) is 10.4. The Morgan fingerprint density at radius 1 is 1.45 bits per heavy atom. The first-order chi connectivity index (χ1) is 9.08. The second kappa shape index (κ2) is 6.20. The third-order valence-corrected chi connectivity index (χ3v) is 4.85. The number of hydrogen-bond donors (Lipinski definition) is 1. The van der Waals surface area contributed by atoms with Crippen molar-refractivity contribution in [3.8, 4) is 5.75 Å². The Balaban J connectivity index is 0.00000147. The van der Waals surface area contributed by atoms with Crippen molar-refractivity contribution in [1.29, 1.82) is 0 Å². The van der Waals surface area contributed by atoms with Crippen LogP contribution in [0.4, 0.5) is 0 Å². The lowest BCUT2D eigenvalue weighted by Crippen LogP contribution is -2.51. The van der Waals surface area contributed by atoms with E-state index in [1.54, 1.807) is 30.0 Å². The molecular formula is C12H13Cl3N2O2S. The number of ether oxygens (including phenoxy) is 1. The van der Waals surface area contributed by atoms with Gasteiger partial charge in [-0.2, -0.15) is 0 Å². The first-order valence-electron chi connectivity index (χ1n) is 5.84. The van der Waals surface area contributed by atoms with Crippen LogP contribution < -0.4 is 4.74 Å². The molecule has 1 fully saturated rings. The Kier molecular flexibility index (Phi) is 4.97. The number of halogens is 3. The molecule has 1 unspecified atom stereocenters. The molecule has 0 amide bonds. The van der Waals surface area contributed by atoms with Crippen molar-refractivity contribution in [1.82, 2.24) is 4.90 Å². The number of nitrogens with zero attached hydrogens (tertiary/aromatic N) is 2. The van der Waals surface area contributed by atoms with Gasteiger partial charge in [0.1, 0.15) is 12.4 Å². The SMILES string of the molecule is Cl.OC1(COc2cc(Cl)ccc2Cl)CSC2=NCCN21. The largest absolute Gasteiger partial charge is 0.487 e. The minimum absolute atomic E-state index is 0. The van der Waals surface area contributed by atoms with Gasteiger partial charge in [0.25, 0.3) is 0 Å². The quantitative estimate of drug-likeness (QED) is 0.905. The van der Waals surface area contributed by atoms with Crippen molar-refractivity contribution in [2.75, 3.05) is 25.4 Å². The van der Waals surface area contributed by atoms with Gasteiger partial charge in [0.2, 0.25) is 0 Å². The van der Waals surface area contributed by atoms with E-state index < -0.39 is 5.72 Å². The molecule has 0 spiro atoms. The molecule has 0 bridgehead atoms. The molecule has 2 heterocycles. The van der Waals surface area contributed by atoms with Crippen LogP contribution in [0.5, 0.6) is 5.75 Å². The van der Waals surface area contributed by atoms with E-state index in [1.807, 2.05) is 4.90 Å². The van der Waals surface area contributed by atoms with Gasteiger partial charge in [0.05, 0.1) is 17.3 Å². The van der Waals surface area contributed by atoms with Gasteiger partial charge in [-0.3, -0.25) is 4.99 Å². The van der Waals surface area contributed by atoms with Gasteiger partial charge in [-0.05, 0) is 12.1 Å². The standard InChI is InChI=1S/C12H12Cl2N2O2S.ClH/c13-8-1-2-9(14)10(5-8)18-6-12(17)7-19-11-15-3-4-16(11)12;/h1-2,5,17H,3-4,6-7H2;1H. The predicted octanol–water partition coefficient (Wildman–Crippen LogP) is 2.90. The third kappa shape index (κ3) is 2.97. The number of benzene rings is 1. The van der Waals surface area contributed by atoms with Crippen LogP contribution in [0.1, 0.15) is 0 Å². The monoisotopic (exact) mass is 354 g/mol. The summed E-state index contributed by atoms with van der Waals surface area (Å²) in [5.74, 6) is 1.03. The summed E-state index contributed by atoms with van der Waals surface area (Å²) in [7, 11) is 0. The van der Waals surface area contributed by atoms with Crippen LogP contribution in [0.2, 0.25) is 10.0 Å². The van der Waals surface area contributed by atoms with Crippen LogP contribution in [-0.4, -0.2) is 46.3 Å². The number of aliphatic hydroxyl groups is 1. The molecule has 0 aliphatic carbocycles. The maximum atomic E-state index is 10.6. The van der Waals surface area contributed by atoms with Crippen LogP contribution >= 0.6 is 47.4 Å². The first kappa shape index (κ1) is 16.0. The molecule has 0 saturated carbocycles. The molecule has 1 atom stereocenters. The summed E-state index contributed by atoms with van der Waals surface area (Å²) in [6.45, 7) is 1.59. The fraction of sp³-hybridized carbons (Fsp3) is 0.417. The fourth-order valence-corrected chi connectivity index (χ4v) is 3.63. The number of aliphatic imine (C=N–C) groups is 1. The summed E-state index contributed by atoms with van der Waals surface area (Å²) in [4.78, 5) is 6.21. The lowest BCUT2D eigenvalue weighted by atomic mass is 10.2. The van der Waals surface area contributed by atoms with E-state index in [0.29, 0.717) is 21.5 Å². The molecule has 1 N–H and O–H groups in total. The summed E-state index contributed by atoms with van der Waals surface area (Å²) in [5.41, 5.74) is -1.02. The molecule has 1 aromatic carbocycles. The molecule has 0 radical (unpaired) electrons. The van der Waals surface area contributed by atoms with E-state index in [2.05, 4.69) is 4.99 Å². The van der Waals surface area contributed by atoms with E-state index in [9.17, 15) is 5.11 Å². The smallest absolute Gasteiger partial charge is 0.184 e. The van der Waals surface area contributed by atoms with Crippen molar-refractivity contribution in [2.24, 2.45) is 4.99 Å². The van der Waals surface area contributed by atoms with E-state index >= 15 is 0 Å². The van der Waals surface area contributed by atoms with E-state index in [4.69, 9.17) is 27.9 Å². The molecular weight excluding hydrogens is 343 g/mol. The van der Waals surface area contributed by atoms with Gasteiger partial charge in [-0.25, -0.2) is 0 Å². The highest BCUT2D eigenvalue weighted by Crippen LogP contribution is 2.35. The van der Waals surface area contributed by atoms with Crippen molar-refractivity contribution < 1.29 is 9.84 Å². The zero-order valence-corrected chi connectivity index (χ0v) is 13.5. The van der Waals surface area contributed by atoms with Crippen LogP contribution in [0.25, 0.3) is 0 Å². The third-order valence-electron chi connectivity index (χ3n) is 3.09. The molecule has 3 rings (SSSR count). The second-order valence-electron chi connectivity index (χ2n) is 4.45. The molecule has 0 aromatic heterocycles. The molecule has 20 heavy (non-hydrogen) atoms. The van der Waals surface area contributed by atoms with Gasteiger partial charge in [0.15, 0.2) is 10.9 Å². The highest BCUT2D eigenvalue weighted by atomic mass is 35.5. The second-order valence-corrected chi connectivity index (χ2v) is 6.24. The van der Waals surface area contributed by atoms with Crippen molar-refractivity contribution >= 4 is 52.5 Å². The molecule has 2 aliphatic heterocycles. The van der Waals surface area contributed by atoms with E-state index in [-0.39, 0.29) is 19.0 Å². The molecule has 110 valence electrons. The summed E-state index contributed by atoms with van der Waals surface area (Å²) < 4.78 is 5.64. The summed E-state index contributed by atoms with van der Waals surface area (Å²) in [6.07, 6.45) is 0. The normalized spacial score (nSPS) is 24.1. The molecule has 1 aromatic rings. The maximum absolute atomic E-state index is 10.6. The number of amidine groups is 1. The van der Waals surface area contributed by atoms with Crippen LogP contribution in [0, 0.1) is 0 Å². The van der Waals surface area contributed by atoms with Gasteiger partial charge in [0, 0.05) is 17.6 Å². The van der Waals surface area contributed by atoms with Crippen LogP contribution in [0.3, 0.4) is 0 Å². The zero-order chi connectivity index (χ0) is 13.5. The van der Waals surface area contributed by atoms with Crippen molar-refractivity contribution in [2.45, 2.75) is 5.72 Å². The van der Waals surface area contributed by atoms with Gasteiger partial charge in [-0.1, -0.05) is 35.0 Å². The minimum atomic E-state index is -1.02. The van der Waals surface area contributed by atoms with E-state index in [1.165, 1.54) is 0 Å². The van der Waals surface area contributed by atoms with Crippen molar-refractivity contribution in [3.05, 3.63) is 28.2 Å². The molecule has 1 saturated heterocycles. The highest BCUT2D eigenvalue weighted by molar-refractivity contribution is 8.14. The number of hydrogen-bond acceptors (Lipinski definition) is 5. The van der Waals surface area contributed by atoms with E-state index in [0.717, 1.165) is 18.3 Å². The summed E-state index contributed by atoms with van der Waals surface area (Å²) in [6, 6.07) is 5.02. The highest BCUT2D eigenvalue weighted by Gasteiger charge is 2.45. The van der Waals surface area contributed by atoms with Crippen LogP contribution in [0.15, 0.2) is 23.2 Å². The summed E-state index contributed by atoms with van der Waals surface area (Å²) >= 11 is 13.5. The van der Waals surface area contributed by atoms with Gasteiger partial charge in [-0.15, -0.1) is 12.4 Å². The first-order valence-corrected chi connectivity index (χ1v) is 7.58. The topological polar surface area (TPSA) is 45.1 Å². The van der Waals surface area contributed by atoms with Gasteiger partial charge >= 0.3 is 0 Å². The Labute approximate surface area is 137 Å². The number of thioether (sulfide) groups is 1. The Morgan fingerprint density at radius 3 is 3.05 bits per heavy atom. The lowest BCUT2D eigenvalue weighted by molar-refractivity contribution is -0.0694. The number of rotatable bonds is 3.